The Bertz CT molecular complexity index is 1300. The number of hydrogen-bond acceptors (Lipinski definition) is 6. The van der Waals surface area contributed by atoms with Crippen molar-refractivity contribution in [3.63, 3.8) is 0 Å². The zero-order chi connectivity index (χ0) is 25.1. The van der Waals surface area contributed by atoms with Crippen molar-refractivity contribution in [1.82, 2.24) is 4.98 Å². The normalized spacial score (nSPS) is 17.1. The van der Waals surface area contributed by atoms with Gasteiger partial charge in [-0.3, -0.25) is 24.3 Å². The summed E-state index contributed by atoms with van der Waals surface area (Å²) in [4.78, 5) is 43.8. The minimum atomic E-state index is -0.903. The largest absolute Gasteiger partial charge is 0.507 e. The van der Waals surface area contributed by atoms with Gasteiger partial charge < -0.3 is 9.84 Å². The Balaban J connectivity index is 1.77. The third-order valence-electron chi connectivity index (χ3n) is 5.47. The molecule has 7 nitrogen and oxygen atoms in total. The maximum atomic E-state index is 13.2. The van der Waals surface area contributed by atoms with E-state index >= 15 is 0 Å². The van der Waals surface area contributed by atoms with Crippen molar-refractivity contribution in [2.45, 2.75) is 32.4 Å². The molecule has 1 unspecified atom stereocenters. The van der Waals surface area contributed by atoms with E-state index in [1.165, 1.54) is 11.0 Å². The van der Waals surface area contributed by atoms with Gasteiger partial charge in [0, 0.05) is 28.7 Å². The number of rotatable bonds is 6. The van der Waals surface area contributed by atoms with E-state index in [-0.39, 0.29) is 29.8 Å². The number of halogens is 1. The van der Waals surface area contributed by atoms with Crippen LogP contribution >= 0.6 is 11.6 Å². The standard InChI is InChI=1S/C27H23ClN2O5/c1-16(2)35-22(31)13-17-8-10-21(11-9-17)30-24(19-6-4-12-29-15-19)23(26(33)27(30)34)25(32)18-5-3-7-20(28)14-18/h3-12,14-16,24,32H,13H2,1-2H3/b25-23-. The van der Waals surface area contributed by atoms with Gasteiger partial charge in [-0.15, -0.1) is 0 Å². The number of esters is 1. The fraction of sp³-hybridized carbons (Fsp3) is 0.185. The number of Topliss-reactive ketones (excluding diaryl/α,β-unsaturated/α-hetero) is 1. The van der Waals surface area contributed by atoms with Crippen molar-refractivity contribution in [2.75, 3.05) is 4.90 Å². The first kappa shape index (κ1) is 24.2. The number of ether oxygens (including phenoxy) is 1. The topological polar surface area (TPSA) is 96.8 Å². The number of hydrogen-bond donors (Lipinski definition) is 1. The summed E-state index contributed by atoms with van der Waals surface area (Å²) in [7, 11) is 0. The Kier molecular flexibility index (Phi) is 6.98. The summed E-state index contributed by atoms with van der Waals surface area (Å²) in [5.41, 5.74) is 1.96. The molecule has 0 aliphatic carbocycles. The monoisotopic (exact) mass is 490 g/mol. The molecule has 2 aromatic carbocycles. The zero-order valence-electron chi connectivity index (χ0n) is 19.1. The summed E-state index contributed by atoms with van der Waals surface area (Å²) in [6.45, 7) is 3.55. The van der Waals surface area contributed by atoms with E-state index in [2.05, 4.69) is 4.98 Å². The number of aliphatic hydroxyl groups excluding tert-OH is 1. The smallest absolute Gasteiger partial charge is 0.310 e. The van der Waals surface area contributed by atoms with Gasteiger partial charge in [-0.05, 0) is 55.3 Å². The van der Waals surface area contributed by atoms with E-state index in [0.29, 0.717) is 27.4 Å². The molecule has 178 valence electrons. The molecule has 1 N–H and O–H groups in total. The fourth-order valence-electron chi connectivity index (χ4n) is 3.99. The molecular formula is C27H23ClN2O5. The molecule has 1 atom stereocenters. The molecule has 2 heterocycles. The summed E-state index contributed by atoms with van der Waals surface area (Å²) in [6.07, 6.45) is 2.99. The lowest BCUT2D eigenvalue weighted by atomic mass is 9.96. The lowest BCUT2D eigenvalue weighted by Crippen LogP contribution is -2.29. The van der Waals surface area contributed by atoms with Crippen LogP contribution in [0.4, 0.5) is 5.69 Å². The molecule has 1 aromatic heterocycles. The van der Waals surface area contributed by atoms with E-state index < -0.39 is 17.7 Å². The molecule has 0 bridgehead atoms. The first-order chi connectivity index (χ1) is 16.8. The second kappa shape index (κ2) is 10.1. The number of benzene rings is 2. The molecule has 0 radical (unpaired) electrons. The Morgan fingerprint density at radius 3 is 2.49 bits per heavy atom. The van der Waals surface area contributed by atoms with Crippen molar-refractivity contribution < 1.29 is 24.2 Å². The van der Waals surface area contributed by atoms with Crippen LogP contribution < -0.4 is 4.90 Å². The van der Waals surface area contributed by atoms with Gasteiger partial charge in [-0.2, -0.15) is 0 Å². The van der Waals surface area contributed by atoms with Crippen LogP contribution in [0.3, 0.4) is 0 Å². The molecule has 35 heavy (non-hydrogen) atoms. The van der Waals surface area contributed by atoms with E-state index in [4.69, 9.17) is 16.3 Å². The number of nitrogens with zero attached hydrogens (tertiary/aromatic N) is 2. The van der Waals surface area contributed by atoms with Crippen molar-refractivity contribution in [3.8, 4) is 0 Å². The summed E-state index contributed by atoms with van der Waals surface area (Å²) in [5, 5.41) is 11.5. The molecule has 1 aliphatic rings. The molecule has 1 saturated heterocycles. The third kappa shape index (κ3) is 5.10. The van der Waals surface area contributed by atoms with Crippen LogP contribution in [0.15, 0.2) is 78.6 Å². The maximum absolute atomic E-state index is 13.2. The average molecular weight is 491 g/mol. The van der Waals surface area contributed by atoms with E-state index in [1.807, 2.05) is 0 Å². The first-order valence-corrected chi connectivity index (χ1v) is 11.4. The van der Waals surface area contributed by atoms with Crippen LogP contribution in [0, 0.1) is 0 Å². The third-order valence-corrected chi connectivity index (χ3v) is 5.71. The van der Waals surface area contributed by atoms with Crippen LogP contribution in [0.5, 0.6) is 0 Å². The van der Waals surface area contributed by atoms with Crippen LogP contribution in [0.1, 0.15) is 36.6 Å². The molecule has 3 aromatic rings. The molecule has 4 rings (SSSR count). The molecule has 1 aliphatic heterocycles. The molecule has 1 amide bonds. The Morgan fingerprint density at radius 1 is 1.11 bits per heavy atom. The number of ketones is 1. The Labute approximate surface area is 207 Å². The zero-order valence-corrected chi connectivity index (χ0v) is 19.9. The fourth-order valence-corrected chi connectivity index (χ4v) is 4.18. The number of aromatic nitrogens is 1. The van der Waals surface area contributed by atoms with Gasteiger partial charge in [0.1, 0.15) is 5.76 Å². The summed E-state index contributed by atoms with van der Waals surface area (Å²) in [5.74, 6) is -2.28. The number of amides is 1. The van der Waals surface area contributed by atoms with Crippen molar-refractivity contribution in [2.24, 2.45) is 0 Å². The molecular weight excluding hydrogens is 468 g/mol. The quantitative estimate of drug-likeness (QED) is 0.229. The highest BCUT2D eigenvalue weighted by Crippen LogP contribution is 2.42. The summed E-state index contributed by atoms with van der Waals surface area (Å²) < 4.78 is 5.18. The Morgan fingerprint density at radius 2 is 1.86 bits per heavy atom. The van der Waals surface area contributed by atoms with Crippen LogP contribution in [0.2, 0.25) is 5.02 Å². The molecule has 1 fully saturated rings. The minimum absolute atomic E-state index is 0.0603. The van der Waals surface area contributed by atoms with Crippen LogP contribution in [0.25, 0.3) is 5.76 Å². The number of aliphatic hydroxyl groups is 1. The van der Waals surface area contributed by atoms with Gasteiger partial charge in [-0.1, -0.05) is 41.9 Å². The highest BCUT2D eigenvalue weighted by Gasteiger charge is 2.47. The average Bonchev–Trinajstić information content (AvgIpc) is 3.09. The van der Waals surface area contributed by atoms with Crippen LogP contribution in [-0.2, 0) is 25.5 Å². The second-order valence-corrected chi connectivity index (χ2v) is 8.78. The van der Waals surface area contributed by atoms with Gasteiger partial charge in [-0.25, -0.2) is 0 Å². The predicted molar refractivity (Wildman–Crippen MR) is 132 cm³/mol. The van der Waals surface area contributed by atoms with Gasteiger partial charge >= 0.3 is 5.97 Å². The minimum Gasteiger partial charge on any atom is -0.507 e. The molecule has 0 saturated carbocycles. The number of carbonyl (C=O) groups excluding carboxylic acids is 3. The van der Waals surface area contributed by atoms with Gasteiger partial charge in [0.05, 0.1) is 24.1 Å². The van der Waals surface area contributed by atoms with Gasteiger partial charge in [0.15, 0.2) is 0 Å². The highest BCUT2D eigenvalue weighted by atomic mass is 35.5. The Hall–Kier alpha value is -3.97. The number of pyridine rings is 1. The number of anilines is 1. The highest BCUT2D eigenvalue weighted by molar-refractivity contribution is 6.51. The molecule has 0 spiro atoms. The SMILES string of the molecule is CC(C)OC(=O)Cc1ccc(N2C(=O)C(=O)/C(=C(\O)c3cccc(Cl)c3)C2c2cccnc2)cc1. The van der Waals surface area contributed by atoms with Crippen molar-refractivity contribution in [1.29, 1.82) is 0 Å². The molecule has 8 heteroatoms. The van der Waals surface area contributed by atoms with Crippen molar-refractivity contribution >= 4 is 40.7 Å². The second-order valence-electron chi connectivity index (χ2n) is 8.35. The lowest BCUT2D eigenvalue weighted by molar-refractivity contribution is -0.146. The van der Waals surface area contributed by atoms with E-state index in [0.717, 1.165) is 0 Å². The lowest BCUT2D eigenvalue weighted by Gasteiger charge is -2.25. The maximum Gasteiger partial charge on any atom is 0.310 e. The predicted octanol–water partition coefficient (Wildman–Crippen LogP) is 4.86. The van der Waals surface area contributed by atoms with E-state index in [9.17, 15) is 19.5 Å². The van der Waals surface area contributed by atoms with Gasteiger partial charge in [0.25, 0.3) is 11.7 Å². The van der Waals surface area contributed by atoms with Gasteiger partial charge in [0.2, 0.25) is 0 Å². The van der Waals surface area contributed by atoms with E-state index in [1.54, 1.807) is 80.8 Å². The summed E-state index contributed by atoms with van der Waals surface area (Å²) >= 11 is 6.08. The summed E-state index contributed by atoms with van der Waals surface area (Å²) in [6, 6.07) is 15.7. The first-order valence-electron chi connectivity index (χ1n) is 11.0. The van der Waals surface area contributed by atoms with Crippen molar-refractivity contribution in [3.05, 3.63) is 100 Å². The number of carbonyl (C=O) groups is 3. The van der Waals surface area contributed by atoms with Crippen LogP contribution in [-0.4, -0.2) is 33.9 Å².